The lowest BCUT2D eigenvalue weighted by Gasteiger charge is -2.02. The van der Waals surface area contributed by atoms with Gasteiger partial charge in [0.2, 0.25) is 5.91 Å². The molecule has 20 heavy (non-hydrogen) atoms. The monoisotopic (exact) mass is 355 g/mol. The Morgan fingerprint density at radius 1 is 1.40 bits per heavy atom. The molecule has 0 aliphatic carbocycles. The van der Waals surface area contributed by atoms with E-state index in [1.807, 2.05) is 0 Å². The molecule has 2 aromatic rings. The minimum absolute atomic E-state index is 0.356. The second kappa shape index (κ2) is 6.53. The summed E-state index contributed by atoms with van der Waals surface area (Å²) in [4.78, 5) is 23.6. The fourth-order valence-corrected chi connectivity index (χ4v) is 2.49. The Morgan fingerprint density at radius 3 is 2.85 bits per heavy atom. The average Bonchev–Trinajstić information content (AvgIpc) is 3.04. The van der Waals surface area contributed by atoms with Crippen LogP contribution < -0.4 is 5.32 Å². The first-order valence-electron chi connectivity index (χ1n) is 5.50. The van der Waals surface area contributed by atoms with Crippen molar-refractivity contribution in [2.24, 2.45) is 0 Å². The van der Waals surface area contributed by atoms with Gasteiger partial charge in [-0.1, -0.05) is 0 Å². The molecule has 1 amide bonds. The van der Waals surface area contributed by atoms with E-state index in [0.29, 0.717) is 21.0 Å². The highest BCUT2D eigenvalue weighted by Gasteiger charge is 2.14. The zero-order valence-corrected chi connectivity index (χ0v) is 12.8. The van der Waals surface area contributed by atoms with Crippen molar-refractivity contribution in [2.45, 2.75) is 0 Å². The number of carbonyl (C=O) groups is 2. The van der Waals surface area contributed by atoms with Gasteiger partial charge in [0.05, 0.1) is 12.8 Å². The summed E-state index contributed by atoms with van der Waals surface area (Å²) in [7, 11) is 1.29. The number of furan rings is 1. The summed E-state index contributed by atoms with van der Waals surface area (Å²) in [5, 5.41) is 4.32. The third-order valence-corrected chi connectivity index (χ3v) is 3.61. The van der Waals surface area contributed by atoms with Crippen LogP contribution in [0, 0.1) is 0 Å². The minimum atomic E-state index is -0.478. The maximum Gasteiger partial charge on any atom is 0.350 e. The first-order chi connectivity index (χ1) is 9.60. The van der Waals surface area contributed by atoms with Gasteiger partial charge >= 0.3 is 5.97 Å². The molecule has 0 aliphatic heterocycles. The molecule has 0 bridgehead atoms. The fraction of sp³-hybridized carbons (Fsp3) is 0.0769. The number of halogens is 1. The molecule has 104 valence electrons. The number of hydrogen-bond donors (Lipinski definition) is 1. The van der Waals surface area contributed by atoms with Crippen LogP contribution in [0.3, 0.4) is 0 Å². The Bertz CT molecular complexity index is 659. The molecule has 0 aliphatic rings. The van der Waals surface area contributed by atoms with Gasteiger partial charge in [-0.25, -0.2) is 4.79 Å². The van der Waals surface area contributed by atoms with Crippen LogP contribution in [0.5, 0.6) is 0 Å². The highest BCUT2D eigenvalue weighted by molar-refractivity contribution is 9.10. The van der Waals surface area contributed by atoms with E-state index in [1.54, 1.807) is 23.6 Å². The number of rotatable bonds is 4. The smallest absolute Gasteiger partial charge is 0.350 e. The van der Waals surface area contributed by atoms with Gasteiger partial charge in [-0.3, -0.25) is 4.79 Å². The van der Waals surface area contributed by atoms with Crippen LogP contribution in [0.1, 0.15) is 15.4 Å². The topological polar surface area (TPSA) is 68.5 Å². The molecule has 5 nitrogen and oxygen atoms in total. The first kappa shape index (κ1) is 14.5. The molecule has 0 atom stereocenters. The summed E-state index contributed by atoms with van der Waals surface area (Å²) >= 11 is 4.37. The highest BCUT2D eigenvalue weighted by Crippen LogP contribution is 2.23. The summed E-state index contributed by atoms with van der Waals surface area (Å²) in [5.41, 5.74) is 0.428. The second-order valence-corrected chi connectivity index (χ2v) is 5.32. The van der Waals surface area contributed by atoms with E-state index in [9.17, 15) is 9.59 Å². The predicted molar refractivity (Wildman–Crippen MR) is 79.7 cm³/mol. The third kappa shape index (κ3) is 3.58. The molecule has 1 N–H and O–H groups in total. The second-order valence-electron chi connectivity index (χ2n) is 3.62. The molecule has 7 heteroatoms. The van der Waals surface area contributed by atoms with E-state index in [0.717, 1.165) is 0 Å². The average molecular weight is 356 g/mol. The van der Waals surface area contributed by atoms with Gasteiger partial charge in [0.15, 0.2) is 4.67 Å². The molecule has 0 spiro atoms. The Kier molecular flexibility index (Phi) is 4.75. The first-order valence-corrected chi connectivity index (χ1v) is 7.17. The Balaban J connectivity index is 2.03. The van der Waals surface area contributed by atoms with Crippen LogP contribution in [-0.2, 0) is 9.53 Å². The van der Waals surface area contributed by atoms with Gasteiger partial charge in [-0.05, 0) is 45.6 Å². The largest absolute Gasteiger partial charge is 0.465 e. The maximum atomic E-state index is 11.8. The lowest BCUT2D eigenvalue weighted by atomic mass is 10.3. The van der Waals surface area contributed by atoms with E-state index in [1.165, 1.54) is 30.6 Å². The Labute approximate surface area is 127 Å². The molecule has 0 aromatic carbocycles. The summed E-state index contributed by atoms with van der Waals surface area (Å²) in [6.45, 7) is 0. The van der Waals surface area contributed by atoms with Gasteiger partial charge in [-0.15, -0.1) is 11.3 Å². The van der Waals surface area contributed by atoms with Crippen molar-refractivity contribution < 1.29 is 18.7 Å². The number of ether oxygens (including phenoxy) is 1. The molecule has 0 fully saturated rings. The van der Waals surface area contributed by atoms with Crippen LogP contribution in [-0.4, -0.2) is 19.0 Å². The highest BCUT2D eigenvalue weighted by atomic mass is 79.9. The van der Waals surface area contributed by atoms with Crippen molar-refractivity contribution in [3.63, 3.8) is 0 Å². The molecule has 0 saturated heterocycles. The van der Waals surface area contributed by atoms with Gasteiger partial charge in [0, 0.05) is 6.08 Å². The molecular formula is C13H10BrNO4S. The number of carbonyl (C=O) groups excluding carboxylic acids is 2. The number of amides is 1. The van der Waals surface area contributed by atoms with Crippen LogP contribution in [0.4, 0.5) is 5.69 Å². The quantitative estimate of drug-likeness (QED) is 0.672. The summed E-state index contributed by atoms with van der Waals surface area (Å²) in [6.07, 6.45) is 2.86. The number of hydrogen-bond acceptors (Lipinski definition) is 5. The summed E-state index contributed by atoms with van der Waals surface area (Å²) < 4.78 is 10.4. The molecule has 0 unspecified atom stereocenters. The van der Waals surface area contributed by atoms with Crippen LogP contribution in [0.2, 0.25) is 0 Å². The zero-order valence-electron chi connectivity index (χ0n) is 10.4. The van der Waals surface area contributed by atoms with Crippen molar-refractivity contribution in [1.29, 1.82) is 0 Å². The Morgan fingerprint density at radius 2 is 2.20 bits per heavy atom. The number of esters is 1. The van der Waals surface area contributed by atoms with Crippen molar-refractivity contribution >= 4 is 50.9 Å². The van der Waals surface area contributed by atoms with Crippen LogP contribution in [0.15, 0.2) is 38.7 Å². The van der Waals surface area contributed by atoms with Gasteiger partial charge < -0.3 is 14.5 Å². The fourth-order valence-electron chi connectivity index (χ4n) is 1.41. The summed E-state index contributed by atoms with van der Waals surface area (Å²) in [6, 6.07) is 5.09. The third-order valence-electron chi connectivity index (χ3n) is 2.29. The summed E-state index contributed by atoms with van der Waals surface area (Å²) in [5.74, 6) is -0.291. The minimum Gasteiger partial charge on any atom is -0.465 e. The van der Waals surface area contributed by atoms with Crippen LogP contribution >= 0.6 is 27.3 Å². The van der Waals surface area contributed by atoms with Gasteiger partial charge in [0.25, 0.3) is 0 Å². The predicted octanol–water partition coefficient (Wildman–Crippen LogP) is 3.54. The van der Waals surface area contributed by atoms with E-state index in [4.69, 9.17) is 4.42 Å². The van der Waals surface area contributed by atoms with E-state index in [-0.39, 0.29) is 5.91 Å². The SMILES string of the molecule is COC(=O)c1sccc1NC(=O)/C=C/c1ccc(Br)o1. The lowest BCUT2D eigenvalue weighted by Crippen LogP contribution is -2.10. The molecule has 2 aromatic heterocycles. The van der Waals surface area contributed by atoms with Gasteiger partial charge in [0.1, 0.15) is 10.6 Å². The number of nitrogens with one attached hydrogen (secondary N) is 1. The molecule has 2 heterocycles. The standard InChI is InChI=1S/C13H10BrNO4S/c1-18-13(17)12-9(6-7-20-12)15-11(16)5-3-8-2-4-10(14)19-8/h2-7H,1H3,(H,15,16)/b5-3+. The number of thiophene rings is 1. The van der Waals surface area contributed by atoms with E-state index in [2.05, 4.69) is 26.0 Å². The van der Waals surface area contributed by atoms with Crippen molar-refractivity contribution in [1.82, 2.24) is 0 Å². The lowest BCUT2D eigenvalue weighted by molar-refractivity contribution is -0.111. The molecule has 0 saturated carbocycles. The van der Waals surface area contributed by atoms with Crippen molar-refractivity contribution in [3.05, 3.63) is 45.0 Å². The van der Waals surface area contributed by atoms with E-state index >= 15 is 0 Å². The Hall–Kier alpha value is -1.86. The molecular weight excluding hydrogens is 346 g/mol. The van der Waals surface area contributed by atoms with E-state index < -0.39 is 5.97 Å². The normalized spacial score (nSPS) is 10.7. The van der Waals surface area contributed by atoms with Crippen molar-refractivity contribution in [3.8, 4) is 0 Å². The van der Waals surface area contributed by atoms with Gasteiger partial charge in [-0.2, -0.15) is 0 Å². The van der Waals surface area contributed by atoms with Crippen molar-refractivity contribution in [2.75, 3.05) is 12.4 Å². The maximum absolute atomic E-state index is 11.8. The number of methoxy groups -OCH3 is 1. The zero-order chi connectivity index (χ0) is 14.5. The number of anilines is 1. The molecule has 2 rings (SSSR count). The molecule has 0 radical (unpaired) electrons. The van der Waals surface area contributed by atoms with Crippen LogP contribution in [0.25, 0.3) is 6.08 Å².